The predicted octanol–water partition coefficient (Wildman–Crippen LogP) is 3.20. The van der Waals surface area contributed by atoms with E-state index in [4.69, 9.17) is 14.2 Å². The summed E-state index contributed by atoms with van der Waals surface area (Å²) in [7, 11) is 3.18. The van der Waals surface area contributed by atoms with Crippen LogP contribution in [0, 0.1) is 0 Å². The van der Waals surface area contributed by atoms with Crippen molar-refractivity contribution < 1.29 is 19.0 Å². The second kappa shape index (κ2) is 6.17. The molecule has 0 amide bonds. The molecule has 4 nitrogen and oxygen atoms in total. The van der Waals surface area contributed by atoms with Gasteiger partial charge in [-0.3, -0.25) is 4.79 Å². The van der Waals surface area contributed by atoms with E-state index in [1.54, 1.807) is 20.3 Å². The van der Waals surface area contributed by atoms with Crippen LogP contribution in [0.1, 0.15) is 45.1 Å². The smallest absolute Gasteiger partial charge is 0.308 e. The molecule has 0 saturated carbocycles. The summed E-state index contributed by atoms with van der Waals surface area (Å²) in [5.41, 5.74) is 1.69. The van der Waals surface area contributed by atoms with E-state index in [9.17, 15) is 4.79 Å². The average Bonchev–Trinajstić information content (AvgIpc) is 2.30. The van der Waals surface area contributed by atoms with Gasteiger partial charge in [0, 0.05) is 32.3 Å². The highest BCUT2D eigenvalue weighted by molar-refractivity contribution is 5.70. The Balaban J connectivity index is 3.26. The lowest BCUT2D eigenvalue weighted by atomic mass is 9.85. The zero-order valence-corrected chi connectivity index (χ0v) is 12.4. The molecule has 1 rings (SSSR count). The van der Waals surface area contributed by atoms with Crippen LogP contribution in [0.4, 0.5) is 0 Å². The minimum Gasteiger partial charge on any atom is -0.426 e. The van der Waals surface area contributed by atoms with Crippen molar-refractivity contribution in [2.75, 3.05) is 14.2 Å². The molecular weight excluding hydrogens is 244 g/mol. The van der Waals surface area contributed by atoms with Gasteiger partial charge in [0.2, 0.25) is 0 Å². The first-order chi connectivity index (χ1) is 8.79. The van der Waals surface area contributed by atoms with E-state index in [2.05, 4.69) is 20.8 Å². The third-order valence-electron chi connectivity index (χ3n) is 2.77. The molecule has 0 N–H and O–H groups in total. The van der Waals surface area contributed by atoms with Crippen LogP contribution in [0.3, 0.4) is 0 Å². The maximum absolute atomic E-state index is 11.2. The number of hydrogen-bond donors (Lipinski definition) is 0. The maximum atomic E-state index is 11.2. The number of esters is 1. The Bertz CT molecular complexity index is 442. The molecule has 0 saturated heterocycles. The second-order valence-electron chi connectivity index (χ2n) is 5.40. The fraction of sp³-hybridized carbons (Fsp3) is 0.533. The molecule has 0 aliphatic carbocycles. The molecule has 1 aromatic rings. The Morgan fingerprint density at radius 1 is 1.16 bits per heavy atom. The highest BCUT2D eigenvalue weighted by Gasteiger charge is 2.22. The van der Waals surface area contributed by atoms with Crippen molar-refractivity contribution in [2.45, 2.75) is 39.4 Å². The van der Waals surface area contributed by atoms with Gasteiger partial charge in [-0.15, -0.1) is 0 Å². The lowest BCUT2D eigenvalue weighted by Gasteiger charge is -2.24. The predicted molar refractivity (Wildman–Crippen MR) is 73.2 cm³/mol. The Kier molecular flexibility index (Phi) is 5.09. The van der Waals surface area contributed by atoms with Gasteiger partial charge in [0.1, 0.15) is 5.75 Å². The monoisotopic (exact) mass is 266 g/mol. The third-order valence-corrected chi connectivity index (χ3v) is 2.77. The van der Waals surface area contributed by atoms with E-state index in [1.165, 1.54) is 6.92 Å². The summed E-state index contributed by atoms with van der Waals surface area (Å²) in [5.74, 6) is 0.253. The van der Waals surface area contributed by atoms with Crippen LogP contribution >= 0.6 is 0 Å². The number of rotatable bonds is 4. The molecule has 106 valence electrons. The van der Waals surface area contributed by atoms with Crippen LogP contribution in [0.15, 0.2) is 18.2 Å². The summed E-state index contributed by atoms with van der Waals surface area (Å²) in [5, 5.41) is 0. The van der Waals surface area contributed by atoms with E-state index >= 15 is 0 Å². The number of ether oxygens (including phenoxy) is 3. The van der Waals surface area contributed by atoms with Gasteiger partial charge >= 0.3 is 5.97 Å². The van der Waals surface area contributed by atoms with Gasteiger partial charge in [0.25, 0.3) is 0 Å². The number of hydrogen-bond acceptors (Lipinski definition) is 4. The highest BCUT2D eigenvalue weighted by Crippen LogP contribution is 2.34. The van der Waals surface area contributed by atoms with Crippen molar-refractivity contribution in [1.82, 2.24) is 0 Å². The topological polar surface area (TPSA) is 44.8 Å². The summed E-state index contributed by atoms with van der Waals surface area (Å²) in [4.78, 5) is 11.2. The van der Waals surface area contributed by atoms with Crippen LogP contribution < -0.4 is 4.74 Å². The number of benzene rings is 1. The first-order valence-electron chi connectivity index (χ1n) is 6.18. The van der Waals surface area contributed by atoms with Crippen molar-refractivity contribution in [3.63, 3.8) is 0 Å². The fourth-order valence-electron chi connectivity index (χ4n) is 1.89. The van der Waals surface area contributed by atoms with E-state index in [0.29, 0.717) is 5.75 Å². The number of carbonyl (C=O) groups excluding carboxylic acids is 1. The molecule has 0 bridgehead atoms. The molecule has 0 aliphatic rings. The summed E-state index contributed by atoms with van der Waals surface area (Å²) in [6.07, 6.45) is -0.424. The fourth-order valence-corrected chi connectivity index (χ4v) is 1.89. The summed E-state index contributed by atoms with van der Waals surface area (Å²) in [6, 6.07) is 5.57. The van der Waals surface area contributed by atoms with Crippen molar-refractivity contribution in [1.29, 1.82) is 0 Å². The molecule has 0 aliphatic heterocycles. The van der Waals surface area contributed by atoms with Crippen LogP contribution in [-0.4, -0.2) is 20.2 Å². The van der Waals surface area contributed by atoms with Crippen LogP contribution in [0.25, 0.3) is 0 Å². The molecule has 1 aromatic carbocycles. The van der Waals surface area contributed by atoms with Crippen LogP contribution in [0.5, 0.6) is 5.75 Å². The zero-order chi connectivity index (χ0) is 14.6. The SMILES string of the molecule is COC(OC)c1ccc(OC(C)=O)c(C(C)(C)C)c1. The molecular formula is C15H22O4. The lowest BCUT2D eigenvalue weighted by molar-refractivity contribution is -0.131. The Hall–Kier alpha value is -1.39. The van der Waals surface area contributed by atoms with Gasteiger partial charge in [0.15, 0.2) is 6.29 Å². The molecule has 0 radical (unpaired) electrons. The molecule has 0 spiro atoms. The van der Waals surface area contributed by atoms with Gasteiger partial charge in [-0.2, -0.15) is 0 Å². The van der Waals surface area contributed by atoms with Crippen LogP contribution in [-0.2, 0) is 19.7 Å². The minimum absolute atomic E-state index is 0.146. The molecule has 0 fully saturated rings. The average molecular weight is 266 g/mol. The molecule has 0 unspecified atom stereocenters. The van der Waals surface area contributed by atoms with Gasteiger partial charge in [-0.05, 0) is 17.5 Å². The summed E-state index contributed by atoms with van der Waals surface area (Å²) in [6.45, 7) is 7.59. The van der Waals surface area contributed by atoms with Gasteiger partial charge < -0.3 is 14.2 Å². The summed E-state index contributed by atoms with van der Waals surface area (Å²) < 4.78 is 15.7. The van der Waals surface area contributed by atoms with Gasteiger partial charge in [-0.1, -0.05) is 26.8 Å². The molecule has 0 heterocycles. The minimum atomic E-state index is -0.424. The number of methoxy groups -OCH3 is 2. The van der Waals surface area contributed by atoms with E-state index in [0.717, 1.165) is 11.1 Å². The standard InChI is InChI=1S/C15H22O4/c1-10(16)19-13-8-7-11(14(17-5)18-6)9-12(13)15(2,3)4/h7-9,14H,1-6H3. The molecule has 0 atom stereocenters. The largest absolute Gasteiger partial charge is 0.426 e. The van der Waals surface area contributed by atoms with Crippen molar-refractivity contribution in [3.8, 4) is 5.75 Å². The Morgan fingerprint density at radius 2 is 1.74 bits per heavy atom. The molecule has 19 heavy (non-hydrogen) atoms. The normalized spacial score (nSPS) is 11.7. The van der Waals surface area contributed by atoms with E-state index in [1.807, 2.05) is 12.1 Å². The molecule has 0 aromatic heterocycles. The van der Waals surface area contributed by atoms with E-state index < -0.39 is 6.29 Å². The highest BCUT2D eigenvalue weighted by atomic mass is 16.7. The Morgan fingerprint density at radius 3 is 2.16 bits per heavy atom. The zero-order valence-electron chi connectivity index (χ0n) is 12.4. The van der Waals surface area contributed by atoms with Crippen molar-refractivity contribution >= 4 is 5.97 Å². The lowest BCUT2D eigenvalue weighted by Crippen LogP contribution is -2.16. The second-order valence-corrected chi connectivity index (χ2v) is 5.40. The van der Waals surface area contributed by atoms with Crippen molar-refractivity contribution in [2.24, 2.45) is 0 Å². The first-order valence-corrected chi connectivity index (χ1v) is 6.18. The van der Waals surface area contributed by atoms with Gasteiger partial charge in [0.05, 0.1) is 0 Å². The first kappa shape index (κ1) is 15.7. The quantitative estimate of drug-likeness (QED) is 0.477. The van der Waals surface area contributed by atoms with Gasteiger partial charge in [-0.25, -0.2) is 0 Å². The van der Waals surface area contributed by atoms with Crippen LogP contribution in [0.2, 0.25) is 0 Å². The van der Waals surface area contributed by atoms with Crippen molar-refractivity contribution in [3.05, 3.63) is 29.3 Å². The maximum Gasteiger partial charge on any atom is 0.308 e. The molecule has 4 heteroatoms. The van der Waals surface area contributed by atoms with E-state index in [-0.39, 0.29) is 11.4 Å². The Labute approximate surface area is 114 Å². The third kappa shape index (κ3) is 4.04. The summed E-state index contributed by atoms with van der Waals surface area (Å²) >= 11 is 0. The number of carbonyl (C=O) groups is 1.